The number of hydrogen-bond donors (Lipinski definition) is 1. The van der Waals surface area contributed by atoms with Crippen LogP contribution >= 0.6 is 0 Å². The number of amides is 2. The third kappa shape index (κ3) is 5.82. The fourth-order valence-corrected chi connectivity index (χ4v) is 4.12. The highest BCUT2D eigenvalue weighted by Gasteiger charge is 2.36. The van der Waals surface area contributed by atoms with Gasteiger partial charge < -0.3 is 10.1 Å². The number of rotatable bonds is 10. The lowest BCUT2D eigenvalue weighted by Crippen LogP contribution is -2.51. The van der Waals surface area contributed by atoms with Gasteiger partial charge in [0, 0.05) is 5.54 Å². The number of carbonyl (C=O) groups excluding carboxylic acids is 2. The van der Waals surface area contributed by atoms with Gasteiger partial charge in [-0.15, -0.1) is 5.10 Å². The van der Waals surface area contributed by atoms with Crippen LogP contribution in [0.5, 0.6) is 5.75 Å². The van der Waals surface area contributed by atoms with Gasteiger partial charge in [0.15, 0.2) is 0 Å². The van der Waals surface area contributed by atoms with Gasteiger partial charge in [-0.25, -0.2) is 9.07 Å². The van der Waals surface area contributed by atoms with Crippen LogP contribution in [0.3, 0.4) is 0 Å². The summed E-state index contributed by atoms with van der Waals surface area (Å²) in [5, 5.41) is 11.3. The third-order valence-corrected chi connectivity index (χ3v) is 6.44. The van der Waals surface area contributed by atoms with Gasteiger partial charge in [-0.1, -0.05) is 48.5 Å². The number of halogens is 1. The van der Waals surface area contributed by atoms with Crippen molar-refractivity contribution in [3.05, 3.63) is 84.2 Å². The van der Waals surface area contributed by atoms with Crippen molar-refractivity contribution in [3.8, 4) is 5.75 Å². The van der Waals surface area contributed by atoms with E-state index < -0.39 is 29.2 Å². The van der Waals surface area contributed by atoms with Crippen LogP contribution < -0.4 is 15.0 Å². The van der Waals surface area contributed by atoms with Crippen LogP contribution in [0.1, 0.15) is 45.7 Å². The van der Waals surface area contributed by atoms with Gasteiger partial charge in [0.25, 0.3) is 0 Å². The Hall–Kier alpha value is -4.27. The van der Waals surface area contributed by atoms with E-state index in [1.54, 1.807) is 48.5 Å². The second-order valence-corrected chi connectivity index (χ2v) is 9.58. The molecule has 38 heavy (non-hydrogen) atoms. The first kappa shape index (κ1) is 26.8. The number of fused-ring (bicyclic) bond motifs is 1. The molecule has 1 atom stereocenters. The number of nitrogens with zero attached hydrogens (tertiary/aromatic N) is 4. The van der Waals surface area contributed by atoms with Crippen molar-refractivity contribution in [1.29, 1.82) is 0 Å². The molecule has 0 saturated carbocycles. The number of anilines is 1. The van der Waals surface area contributed by atoms with Crippen LogP contribution in [0.25, 0.3) is 11.0 Å². The molecule has 0 bridgehead atoms. The van der Waals surface area contributed by atoms with Crippen molar-refractivity contribution in [2.24, 2.45) is 0 Å². The Balaban J connectivity index is 1.82. The molecule has 1 heterocycles. The van der Waals surface area contributed by atoms with E-state index in [1.165, 1.54) is 21.7 Å². The van der Waals surface area contributed by atoms with E-state index in [-0.39, 0.29) is 12.2 Å². The van der Waals surface area contributed by atoms with Crippen molar-refractivity contribution in [1.82, 2.24) is 20.3 Å². The monoisotopic (exact) mass is 517 g/mol. The highest BCUT2D eigenvalue weighted by atomic mass is 19.1. The van der Waals surface area contributed by atoms with Crippen molar-refractivity contribution in [3.63, 3.8) is 0 Å². The Labute approximate surface area is 221 Å². The van der Waals surface area contributed by atoms with Crippen LogP contribution in [-0.2, 0) is 16.1 Å². The molecule has 8 nitrogen and oxygen atoms in total. The van der Waals surface area contributed by atoms with Crippen molar-refractivity contribution in [2.45, 2.75) is 52.2 Å². The number of benzene rings is 3. The summed E-state index contributed by atoms with van der Waals surface area (Å²) in [4.78, 5) is 29.1. The summed E-state index contributed by atoms with van der Waals surface area (Å²) >= 11 is 0. The number of aromatic nitrogens is 3. The number of hydrogen-bond acceptors (Lipinski definition) is 5. The van der Waals surface area contributed by atoms with Crippen LogP contribution in [0.15, 0.2) is 72.8 Å². The van der Waals surface area contributed by atoms with Gasteiger partial charge in [0.1, 0.15) is 29.7 Å². The SMILES string of the molecule is CCOc1ccc([C@H](C(=O)NC(C)(C)CC)N(C(=O)Cn2nnc3ccccc32)c2ccccc2F)cc1. The molecule has 2 amide bonds. The van der Waals surface area contributed by atoms with Crippen LogP contribution in [0.4, 0.5) is 10.1 Å². The molecule has 198 valence electrons. The highest BCUT2D eigenvalue weighted by molar-refractivity contribution is 6.01. The fraction of sp³-hybridized carbons (Fsp3) is 0.310. The molecule has 0 radical (unpaired) electrons. The fourth-order valence-electron chi connectivity index (χ4n) is 4.12. The van der Waals surface area contributed by atoms with Crippen LogP contribution in [0.2, 0.25) is 0 Å². The van der Waals surface area contributed by atoms with Gasteiger partial charge in [-0.05, 0) is 69.2 Å². The molecular formula is C29H32FN5O3. The Morgan fingerprint density at radius 3 is 2.39 bits per heavy atom. The summed E-state index contributed by atoms with van der Waals surface area (Å²) in [5.74, 6) is -0.944. The summed E-state index contributed by atoms with van der Waals surface area (Å²) in [5.41, 5.74) is 1.24. The first-order chi connectivity index (χ1) is 18.2. The second-order valence-electron chi connectivity index (χ2n) is 9.58. The highest BCUT2D eigenvalue weighted by Crippen LogP contribution is 2.32. The maximum atomic E-state index is 15.3. The molecule has 1 N–H and O–H groups in total. The molecule has 0 unspecified atom stereocenters. The zero-order valence-corrected chi connectivity index (χ0v) is 22.0. The first-order valence-corrected chi connectivity index (χ1v) is 12.6. The predicted molar refractivity (Wildman–Crippen MR) is 144 cm³/mol. The van der Waals surface area contributed by atoms with Gasteiger partial charge >= 0.3 is 0 Å². The average Bonchev–Trinajstić information content (AvgIpc) is 3.31. The Morgan fingerprint density at radius 2 is 1.71 bits per heavy atom. The topological polar surface area (TPSA) is 89.4 Å². The van der Waals surface area contributed by atoms with Crippen LogP contribution in [-0.4, -0.2) is 39.0 Å². The molecule has 0 aliphatic rings. The minimum Gasteiger partial charge on any atom is -0.494 e. The zero-order chi connectivity index (χ0) is 27.3. The number of para-hydroxylation sites is 2. The largest absolute Gasteiger partial charge is 0.494 e. The predicted octanol–water partition coefficient (Wildman–Crippen LogP) is 5.05. The first-order valence-electron chi connectivity index (χ1n) is 12.6. The maximum Gasteiger partial charge on any atom is 0.249 e. The molecule has 4 aromatic rings. The van der Waals surface area contributed by atoms with E-state index >= 15 is 4.39 Å². The second kappa shape index (κ2) is 11.4. The standard InChI is InChI=1S/C29H32FN5O3/c1-5-29(3,4)31-28(37)27(20-15-17-21(18-16-20)38-6-2)35(24-13-9-7-11-22(24)30)26(36)19-34-25-14-10-8-12-23(25)32-33-34/h7-18,27H,5-6,19H2,1-4H3,(H,31,37)/t27-/m1/s1. The van der Waals surface area contributed by atoms with Gasteiger partial charge in [0.05, 0.1) is 17.8 Å². The number of carbonyl (C=O) groups is 2. The molecule has 3 aromatic carbocycles. The third-order valence-electron chi connectivity index (χ3n) is 6.44. The lowest BCUT2D eigenvalue weighted by atomic mass is 9.98. The quantitative estimate of drug-likeness (QED) is 0.318. The summed E-state index contributed by atoms with van der Waals surface area (Å²) in [6.45, 7) is 7.88. The summed E-state index contributed by atoms with van der Waals surface area (Å²) in [7, 11) is 0. The molecule has 0 spiro atoms. The van der Waals surface area contributed by atoms with Gasteiger partial charge in [-0.3, -0.25) is 14.5 Å². The van der Waals surface area contributed by atoms with Crippen LogP contribution in [0, 0.1) is 5.82 Å². The maximum absolute atomic E-state index is 15.3. The Morgan fingerprint density at radius 1 is 1.03 bits per heavy atom. The molecule has 0 aliphatic heterocycles. The molecule has 9 heteroatoms. The molecule has 1 aromatic heterocycles. The molecular weight excluding hydrogens is 485 g/mol. The van der Waals surface area contributed by atoms with Crippen molar-refractivity contribution in [2.75, 3.05) is 11.5 Å². The lowest BCUT2D eigenvalue weighted by molar-refractivity contribution is -0.128. The van der Waals surface area contributed by atoms with Crippen molar-refractivity contribution < 1.29 is 18.7 Å². The number of ether oxygens (including phenoxy) is 1. The van der Waals surface area contributed by atoms with Crippen molar-refractivity contribution >= 4 is 28.5 Å². The molecule has 0 aliphatic carbocycles. The molecule has 0 saturated heterocycles. The number of nitrogens with one attached hydrogen (secondary N) is 1. The normalized spacial score (nSPS) is 12.2. The van der Waals surface area contributed by atoms with E-state index in [9.17, 15) is 9.59 Å². The van der Waals surface area contributed by atoms with Gasteiger partial charge in [0.2, 0.25) is 11.8 Å². The van der Waals surface area contributed by atoms with Gasteiger partial charge in [-0.2, -0.15) is 0 Å². The lowest BCUT2D eigenvalue weighted by Gasteiger charge is -2.34. The Kier molecular flexibility index (Phi) is 8.05. The van der Waals surface area contributed by atoms with E-state index in [0.717, 1.165) is 0 Å². The molecule has 0 fully saturated rings. The van der Waals surface area contributed by atoms with E-state index in [1.807, 2.05) is 39.8 Å². The van der Waals surface area contributed by atoms with E-state index in [4.69, 9.17) is 4.74 Å². The minimum atomic E-state index is -1.16. The van der Waals surface area contributed by atoms with E-state index in [0.29, 0.717) is 35.4 Å². The summed E-state index contributed by atoms with van der Waals surface area (Å²) in [6.07, 6.45) is 0.660. The summed E-state index contributed by atoms with van der Waals surface area (Å²) < 4.78 is 22.3. The van der Waals surface area contributed by atoms with E-state index in [2.05, 4.69) is 15.6 Å². The molecule has 4 rings (SSSR count). The Bertz CT molecular complexity index is 1420. The zero-order valence-electron chi connectivity index (χ0n) is 22.0. The summed E-state index contributed by atoms with van der Waals surface area (Å²) in [6, 6.07) is 18.9. The minimum absolute atomic E-state index is 0.00902. The average molecular weight is 518 g/mol. The smallest absolute Gasteiger partial charge is 0.249 e.